The van der Waals surface area contributed by atoms with E-state index in [0.717, 1.165) is 68.2 Å². The van der Waals surface area contributed by atoms with Crippen molar-refractivity contribution in [1.82, 2.24) is 29.7 Å². The number of nitrogen functional groups attached to an aromatic ring is 1. The van der Waals surface area contributed by atoms with E-state index in [1.807, 2.05) is 69.3 Å². The van der Waals surface area contributed by atoms with Gasteiger partial charge in [-0.3, -0.25) is 28.2 Å². The van der Waals surface area contributed by atoms with Crippen LogP contribution in [0, 0.1) is 6.92 Å². The second-order valence-corrected chi connectivity index (χ2v) is 26.5. The van der Waals surface area contributed by atoms with Crippen LogP contribution in [0.4, 0.5) is 16.4 Å². The summed E-state index contributed by atoms with van der Waals surface area (Å²) in [7, 11) is -20.5. The number of unbranched alkanes of at least 4 members (excludes halogenated alkanes) is 2. The fraction of sp³-hybridized carbons (Fsp3) is 0.396. The number of phosphoric acid groups is 3. The normalized spacial score (nSPS) is 19.7. The first-order valence-electron chi connectivity index (χ1n) is 27.0. The number of nitrogens with zero attached hydrogens (tertiary/aromatic N) is 5. The van der Waals surface area contributed by atoms with Gasteiger partial charge in [0.15, 0.2) is 18.5 Å². The number of carbonyl (C=O) groups is 2. The van der Waals surface area contributed by atoms with E-state index >= 15 is 0 Å². The molecule has 29 nitrogen and oxygen atoms in total. The van der Waals surface area contributed by atoms with Crippen molar-refractivity contribution in [3.05, 3.63) is 123 Å². The van der Waals surface area contributed by atoms with E-state index in [2.05, 4.69) is 70.7 Å². The van der Waals surface area contributed by atoms with Crippen molar-refractivity contribution >= 4 is 74.5 Å². The van der Waals surface area contributed by atoms with Crippen molar-refractivity contribution in [2.75, 3.05) is 50.0 Å². The molecule has 4 aliphatic rings. The number of anilines is 2. The predicted molar refractivity (Wildman–Crippen MR) is 311 cm³/mol. The van der Waals surface area contributed by atoms with Crippen molar-refractivity contribution in [2.45, 2.75) is 95.2 Å². The molecule has 2 aromatic heterocycles. The van der Waals surface area contributed by atoms with Crippen molar-refractivity contribution < 1.29 is 92.5 Å². The highest BCUT2D eigenvalue weighted by atomic mass is 32.2. The molecular formula is C53H68N9O20P3S+2. The molecule has 6 atom stereocenters. The van der Waals surface area contributed by atoms with Crippen LogP contribution in [0.25, 0.3) is 39.9 Å². The molecular weight excluding hydrogens is 1210 g/mol. The Morgan fingerprint density at radius 2 is 1.67 bits per heavy atom. The number of benzene rings is 3. The fourth-order valence-corrected chi connectivity index (χ4v) is 14.0. The molecule has 3 aliphatic heterocycles. The summed E-state index contributed by atoms with van der Waals surface area (Å²) in [5.41, 5.74) is 10.3. The van der Waals surface area contributed by atoms with Crippen molar-refractivity contribution in [3.63, 3.8) is 0 Å². The number of nitrogens with one attached hydrogen (secondary N) is 3. The van der Waals surface area contributed by atoms with Gasteiger partial charge in [0.2, 0.25) is 23.0 Å². The number of aromatic amines is 1. The number of hydrogen-bond donors (Lipinski definition) is 10. The number of phosphoric ester groups is 1. The smallest absolute Gasteiger partial charge is 0.456 e. The van der Waals surface area contributed by atoms with E-state index < -0.39 is 81.8 Å². The average Bonchev–Trinajstić information content (AvgIpc) is 1.62. The van der Waals surface area contributed by atoms with Gasteiger partial charge in [-0.15, -0.1) is 0 Å². The molecule has 0 bridgehead atoms. The summed E-state index contributed by atoms with van der Waals surface area (Å²) in [5, 5.41) is 17.6. The van der Waals surface area contributed by atoms with Gasteiger partial charge in [0.1, 0.15) is 30.7 Å². The number of fused-ring (bicyclic) bond motifs is 3. The van der Waals surface area contributed by atoms with Crippen LogP contribution in [-0.2, 0) is 63.7 Å². The zero-order valence-corrected chi connectivity index (χ0v) is 51.0. The molecule has 1 saturated heterocycles. The molecule has 86 heavy (non-hydrogen) atoms. The maximum absolute atomic E-state index is 13.2. The van der Waals surface area contributed by atoms with Gasteiger partial charge in [0, 0.05) is 65.6 Å². The van der Waals surface area contributed by atoms with Gasteiger partial charge in [-0.25, -0.2) is 27.6 Å². The number of amides is 2. The molecule has 2 amide bonds. The Bertz CT molecular complexity index is 3970. The minimum absolute atomic E-state index is 0.0397. The lowest BCUT2D eigenvalue weighted by Crippen LogP contribution is -2.47. The number of H-pyrrole nitrogens is 1. The van der Waals surface area contributed by atoms with Crippen molar-refractivity contribution in [1.29, 1.82) is 0 Å². The number of aliphatic hydroxyl groups excluding tert-OH is 1. The van der Waals surface area contributed by atoms with Crippen LogP contribution in [-0.4, -0.2) is 122 Å². The highest BCUT2D eigenvalue weighted by Crippen LogP contribution is 2.66. The number of hydrogen-bond acceptors (Lipinski definition) is 18. The third-order valence-corrected chi connectivity index (χ3v) is 19.1. The molecule has 2 unspecified atom stereocenters. The second-order valence-electron chi connectivity index (χ2n) is 20.7. The zero-order valence-electron chi connectivity index (χ0n) is 47.5. The van der Waals surface area contributed by atoms with Gasteiger partial charge in [-0.2, -0.15) is 17.0 Å². The molecule has 5 heterocycles. The van der Waals surface area contributed by atoms with Gasteiger partial charge in [0.25, 0.3) is 21.6 Å². The molecule has 2 aromatic carbocycles. The monoisotopic (exact) mass is 1280 g/mol. The van der Waals surface area contributed by atoms with Gasteiger partial charge >= 0.3 is 35.2 Å². The first-order chi connectivity index (χ1) is 40.4. The van der Waals surface area contributed by atoms with Crippen molar-refractivity contribution in [2.24, 2.45) is 7.05 Å². The van der Waals surface area contributed by atoms with Crippen LogP contribution in [0.15, 0.2) is 105 Å². The van der Waals surface area contributed by atoms with Gasteiger partial charge in [0.05, 0.1) is 24.6 Å². The molecule has 8 rings (SSSR count). The largest absolute Gasteiger partial charge is 0.490 e. The Balaban J connectivity index is 0.901. The molecule has 1 aliphatic carbocycles. The second kappa shape index (κ2) is 26.3. The summed E-state index contributed by atoms with van der Waals surface area (Å²) in [6, 6.07) is 20.6. The van der Waals surface area contributed by atoms with E-state index in [-0.39, 0.29) is 47.4 Å². The van der Waals surface area contributed by atoms with Crippen molar-refractivity contribution in [3.8, 4) is 22.6 Å². The first-order valence-corrected chi connectivity index (χ1v) is 33.0. The summed E-state index contributed by atoms with van der Waals surface area (Å²) >= 11 is 0. The highest BCUT2D eigenvalue weighted by molar-refractivity contribution is 7.85. The number of aryl methyl sites for hydroxylation is 1. The fourth-order valence-electron chi connectivity index (χ4n) is 10.5. The van der Waals surface area contributed by atoms with E-state index in [1.165, 1.54) is 30.1 Å². The molecule has 4 aromatic rings. The summed E-state index contributed by atoms with van der Waals surface area (Å²) in [6.45, 7) is 10.9. The topological polar surface area (TPSA) is 411 Å². The highest BCUT2D eigenvalue weighted by Gasteiger charge is 2.52. The van der Waals surface area contributed by atoms with Crippen LogP contribution in [0.5, 0.6) is 0 Å². The molecule has 0 spiro atoms. The quantitative estimate of drug-likeness (QED) is 0.0171. The number of nitrogens with two attached hydrogens (primary N) is 1. The Hall–Kier alpha value is -6.72. The maximum Gasteiger partial charge on any atom is 0.490 e. The van der Waals surface area contributed by atoms with E-state index in [9.17, 15) is 55.9 Å². The van der Waals surface area contributed by atoms with Gasteiger partial charge < -0.3 is 59.8 Å². The Morgan fingerprint density at radius 3 is 2.36 bits per heavy atom. The molecule has 0 radical (unpaired) electrons. The number of imidazole rings is 1. The zero-order chi connectivity index (χ0) is 62.7. The predicted octanol–water partition coefficient (Wildman–Crippen LogP) is 4.63. The van der Waals surface area contributed by atoms with Crippen LogP contribution in [0.2, 0.25) is 0 Å². The number of ether oxygens (including phenoxy) is 2. The van der Waals surface area contributed by atoms with Crippen LogP contribution < -0.4 is 41.3 Å². The minimum atomic E-state index is -5.93. The summed E-state index contributed by atoms with van der Waals surface area (Å²) in [4.78, 5) is 84.7. The number of alkyl carbamates (subject to hydrolysis) is 1. The molecule has 0 saturated carbocycles. The third kappa shape index (κ3) is 15.2. The number of aliphatic hydroxyl groups is 1. The van der Waals surface area contributed by atoms with E-state index in [4.69, 9.17) is 33.9 Å². The lowest BCUT2D eigenvalue weighted by Gasteiger charge is -2.27. The molecule has 33 heteroatoms. The number of aromatic nitrogens is 4. The SMILES string of the molecule is CC[N+](CC)=c1ccc2c(/C=C/C=C3/N(CCCCCC(=O)NCCNC(=O)O[C@H]4[C@@H](O)[C@H]([n+]5cn(C)c6c(=O)[nH]c(N)nc65)O[C@@H]4COP(=O)(O)OP(=O)(O)OP(=O)(O)O)c4ccc(S(=O)(=O)O)cc4C3(C)C)c(C)c(-c3ccccc3)oc-2c1. The Morgan fingerprint density at radius 1 is 0.965 bits per heavy atom. The van der Waals surface area contributed by atoms with Crippen LogP contribution in [0.3, 0.4) is 0 Å². The average molecular weight is 1280 g/mol. The summed E-state index contributed by atoms with van der Waals surface area (Å²) < 4.78 is 105. The van der Waals surface area contributed by atoms with Gasteiger partial charge in [-0.05, 0) is 75.1 Å². The lowest BCUT2D eigenvalue weighted by molar-refractivity contribution is -0.745. The maximum atomic E-state index is 13.2. The van der Waals surface area contributed by atoms with E-state index in [0.29, 0.717) is 31.4 Å². The molecule has 11 N–H and O–H groups in total. The first kappa shape index (κ1) is 65.3. The Kier molecular flexibility index (Phi) is 20.0. The number of carbonyl (C=O) groups excluding carboxylic acids is 2. The summed E-state index contributed by atoms with van der Waals surface area (Å²) in [6.07, 6.45) is 0.957. The number of rotatable bonds is 24. The summed E-state index contributed by atoms with van der Waals surface area (Å²) in [5.74, 6) is 0.786. The van der Waals surface area contributed by atoms with Crippen LogP contribution >= 0.6 is 23.5 Å². The standard InChI is InChI=1S/C53H66N9O20P3S/c1-7-60(8-2)34-21-23-37-36(32(3)46(78-40(37)28-34)33-16-11-9-12-17-33)18-15-19-42-53(4,5)38-29-35(86(74,75)76)22-24-39(38)61(42)27-14-10-13-20-43(63)55-25-26-56-52(66)80-47-41(30-77-84(70,71)82-85(72,73)81-83(67,68)69)79-50(45(47)64)62-31-59(6)44-48(62)57-51(54)58-49(44)65/h9,11-12,15-19,21-24,28-29,31,41,45,47,50,64H,7-8,10,13-14,20,25-27,30H2,1-6H3,(H8-2,54,55,56,57,58,63,65,66,67,68,69,70,71,72,73,74,75,76)/p+2/t41-,45-,47-,50-/m1/s1. The van der Waals surface area contributed by atoms with E-state index in [1.54, 1.807) is 6.07 Å². The molecule has 464 valence electrons. The third-order valence-electron chi connectivity index (χ3n) is 14.5. The van der Waals surface area contributed by atoms with Crippen LogP contribution in [0.1, 0.15) is 76.3 Å². The number of allylic oxidation sites excluding steroid dienone is 3. The molecule has 1 fully saturated rings. The lowest BCUT2D eigenvalue weighted by atomic mass is 9.83. The Labute approximate surface area is 492 Å². The minimum Gasteiger partial charge on any atom is -0.456 e. The van der Waals surface area contributed by atoms with Gasteiger partial charge in [-0.1, -0.05) is 67.7 Å².